The zero-order chi connectivity index (χ0) is 15.7. The third kappa shape index (κ3) is 9.05. The molecule has 125 valence electrons. The van der Waals surface area contributed by atoms with Gasteiger partial charge in [0.1, 0.15) is 6.61 Å². The molecule has 0 spiro atoms. The Hall–Kier alpha value is -1.07. The van der Waals surface area contributed by atoms with Crippen molar-refractivity contribution in [2.45, 2.75) is 32.8 Å². The summed E-state index contributed by atoms with van der Waals surface area (Å²) in [6.07, 6.45) is 0.708. The average molecular weight is 350 g/mol. The van der Waals surface area contributed by atoms with Gasteiger partial charge in [-0.1, -0.05) is 12.1 Å². The fraction of sp³-hybridized carbons (Fsp3) is 0.562. The van der Waals surface area contributed by atoms with Gasteiger partial charge in [0.15, 0.2) is 5.78 Å². The molecule has 0 aliphatic carbocycles. The number of aromatic hydroxyl groups is 1. The number of benzene rings is 1. The normalized spacial score (nSPS) is 10.7. The minimum Gasteiger partial charge on any atom is -0.687 e. The Bertz CT molecular complexity index is 452. The predicted octanol–water partition coefficient (Wildman–Crippen LogP) is 3.31. The van der Waals surface area contributed by atoms with Crippen molar-refractivity contribution in [3.8, 4) is 5.75 Å². The van der Waals surface area contributed by atoms with Crippen molar-refractivity contribution in [3.63, 3.8) is 0 Å². The standard InChI is InChI=1S/C16H24NO4.Mn/c1-13(18)11-19-9-8-16(2,3)21-12-20-15-7-5-6-14(10-15)17-4;/h5-7,10H,8-9,11-12H2,1-4H3;/q-1;/p+1. The van der Waals surface area contributed by atoms with Gasteiger partial charge in [0.05, 0.1) is 5.60 Å². The van der Waals surface area contributed by atoms with E-state index in [-0.39, 0.29) is 41.9 Å². The number of hydrogen-bond acceptors (Lipinski definition) is 3. The summed E-state index contributed by atoms with van der Waals surface area (Å²) in [6.45, 7) is 6.42. The van der Waals surface area contributed by atoms with Crippen molar-refractivity contribution < 1.29 is 36.1 Å². The van der Waals surface area contributed by atoms with Crippen LogP contribution >= 0.6 is 0 Å². The van der Waals surface area contributed by atoms with Crippen molar-refractivity contribution in [1.29, 1.82) is 0 Å². The fourth-order valence-electron chi connectivity index (χ4n) is 1.62. The Labute approximate surface area is 143 Å². The molecule has 1 rings (SSSR count). The minimum atomic E-state index is -0.340. The number of carbonyl (C=O) groups excluding carboxylic acids is 1. The number of aliphatic hydroxyl groups is 1. The Morgan fingerprint density at radius 1 is 1.36 bits per heavy atom. The first kappa shape index (κ1) is 20.9. The first-order valence-electron chi connectivity index (χ1n) is 7.01. The van der Waals surface area contributed by atoms with E-state index in [1.165, 1.54) is 6.92 Å². The fourth-order valence-corrected chi connectivity index (χ4v) is 1.62. The molecule has 1 aromatic rings. The summed E-state index contributed by atoms with van der Waals surface area (Å²) < 4.78 is 15.4. The number of ketones is 1. The molecule has 5 nitrogen and oxygen atoms in total. The van der Waals surface area contributed by atoms with Crippen molar-refractivity contribution in [2.24, 2.45) is 0 Å². The molecule has 1 radical (unpaired) electrons. The third-order valence-corrected chi connectivity index (χ3v) is 2.94. The summed E-state index contributed by atoms with van der Waals surface area (Å²) in [5.74, 6) is 0.881. The van der Waals surface area contributed by atoms with Gasteiger partial charge in [-0.3, -0.25) is 9.53 Å². The van der Waals surface area contributed by atoms with Crippen molar-refractivity contribution in [2.75, 3.05) is 27.1 Å². The maximum absolute atomic E-state index is 10.8. The van der Waals surface area contributed by atoms with E-state index in [1.54, 1.807) is 7.05 Å². The molecule has 0 saturated heterocycles. The van der Waals surface area contributed by atoms with Crippen LogP contribution in [0.3, 0.4) is 0 Å². The molecule has 0 saturated carbocycles. The van der Waals surface area contributed by atoms with Crippen LogP contribution in [0, 0.1) is 0 Å². The summed E-state index contributed by atoms with van der Waals surface area (Å²) in [5, 5.41) is 4.11. The molecule has 0 aliphatic heterocycles. The minimum absolute atomic E-state index is 0. The van der Waals surface area contributed by atoms with Crippen LogP contribution in [-0.2, 0) is 31.3 Å². The van der Waals surface area contributed by atoms with Gasteiger partial charge in [-0.2, -0.15) is 0 Å². The molecule has 0 unspecified atom stereocenters. The van der Waals surface area contributed by atoms with E-state index in [0.717, 1.165) is 11.4 Å². The summed E-state index contributed by atoms with van der Waals surface area (Å²) >= 11 is 0. The van der Waals surface area contributed by atoms with E-state index in [1.807, 2.05) is 38.1 Å². The molecular formula is C16H25MnNO4. The Morgan fingerprint density at radius 2 is 2.09 bits per heavy atom. The third-order valence-electron chi connectivity index (χ3n) is 2.94. The monoisotopic (exact) mass is 350 g/mol. The molecule has 0 aliphatic rings. The van der Waals surface area contributed by atoms with Gasteiger partial charge in [-0.25, -0.2) is 0 Å². The van der Waals surface area contributed by atoms with Gasteiger partial charge in [0, 0.05) is 35.8 Å². The SMILES string of the molecule is C[N-]c1cccc([OH+]COC(C)(C)CCOCC(C)=O)c1.[Mn]. The molecule has 0 amide bonds. The van der Waals surface area contributed by atoms with Crippen LogP contribution in [0.5, 0.6) is 5.75 Å². The number of rotatable bonds is 10. The quantitative estimate of drug-likeness (QED) is 0.281. The molecule has 1 aromatic carbocycles. The molecule has 1 N–H and O–H groups in total. The summed E-state index contributed by atoms with van der Waals surface area (Å²) in [5.41, 5.74) is 0.556. The van der Waals surface area contributed by atoms with Crippen LogP contribution < -0.4 is 0 Å². The molecular weight excluding hydrogens is 325 g/mol. The predicted molar refractivity (Wildman–Crippen MR) is 83.2 cm³/mol. The van der Waals surface area contributed by atoms with Gasteiger partial charge in [-0.05, 0) is 27.2 Å². The van der Waals surface area contributed by atoms with E-state index >= 15 is 0 Å². The summed E-state index contributed by atoms with van der Waals surface area (Å²) in [4.78, 5) is 10.8. The summed E-state index contributed by atoms with van der Waals surface area (Å²) in [6, 6.07) is 7.67. The topological polar surface area (TPSA) is 62.4 Å². The Balaban J connectivity index is 0.00000441. The molecule has 0 heterocycles. The van der Waals surface area contributed by atoms with Crippen molar-refractivity contribution in [1.82, 2.24) is 0 Å². The molecule has 0 aromatic heterocycles. The van der Waals surface area contributed by atoms with E-state index in [9.17, 15) is 4.79 Å². The van der Waals surface area contributed by atoms with Crippen LogP contribution in [0.15, 0.2) is 24.3 Å². The van der Waals surface area contributed by atoms with Gasteiger partial charge >= 0.3 is 0 Å². The zero-order valence-electron chi connectivity index (χ0n) is 13.6. The van der Waals surface area contributed by atoms with Crippen molar-refractivity contribution >= 4 is 11.5 Å². The van der Waals surface area contributed by atoms with Gasteiger partial charge in [0.25, 0.3) is 12.5 Å². The van der Waals surface area contributed by atoms with E-state index < -0.39 is 0 Å². The van der Waals surface area contributed by atoms with Gasteiger partial charge < -0.3 is 14.8 Å². The van der Waals surface area contributed by atoms with Crippen LogP contribution in [0.1, 0.15) is 27.2 Å². The Kier molecular flexibility index (Phi) is 10.1. The summed E-state index contributed by atoms with van der Waals surface area (Å²) in [7, 11) is 1.75. The van der Waals surface area contributed by atoms with Crippen LogP contribution in [0.4, 0.5) is 5.69 Å². The number of carbonyl (C=O) groups is 1. The second-order valence-corrected chi connectivity index (χ2v) is 5.44. The maximum Gasteiger partial charge on any atom is 0.286 e. The Morgan fingerprint density at radius 3 is 2.73 bits per heavy atom. The molecule has 0 atom stereocenters. The van der Waals surface area contributed by atoms with E-state index in [2.05, 4.69) is 10.1 Å². The largest absolute Gasteiger partial charge is 0.687 e. The molecule has 22 heavy (non-hydrogen) atoms. The molecule has 6 heteroatoms. The van der Waals surface area contributed by atoms with Crippen LogP contribution in [-0.4, -0.2) is 43.2 Å². The molecule has 0 bridgehead atoms. The average Bonchev–Trinajstić information content (AvgIpc) is 2.43. The zero-order valence-corrected chi connectivity index (χ0v) is 14.8. The van der Waals surface area contributed by atoms with Gasteiger partial charge in [-0.15, -0.1) is 12.7 Å². The van der Waals surface area contributed by atoms with Gasteiger partial charge in [0.2, 0.25) is 0 Å². The van der Waals surface area contributed by atoms with E-state index in [4.69, 9.17) is 9.47 Å². The number of Topliss-reactive ketones (excluding diaryl/α,β-unsaturated/α-hetero) is 1. The smallest absolute Gasteiger partial charge is 0.286 e. The number of ether oxygens (including phenoxy) is 3. The number of hydrogen-bond donors (Lipinski definition) is 0. The molecule has 0 fully saturated rings. The first-order chi connectivity index (χ1) is 9.93. The van der Waals surface area contributed by atoms with Crippen molar-refractivity contribution in [3.05, 3.63) is 29.6 Å². The maximum atomic E-state index is 10.8. The second-order valence-electron chi connectivity index (χ2n) is 5.44. The van der Waals surface area contributed by atoms with Crippen LogP contribution in [0.2, 0.25) is 0 Å². The van der Waals surface area contributed by atoms with Crippen LogP contribution in [0.25, 0.3) is 5.32 Å². The first-order valence-corrected chi connectivity index (χ1v) is 7.01. The number of nitrogens with zero attached hydrogens (tertiary/aromatic N) is 1. The van der Waals surface area contributed by atoms with E-state index in [0.29, 0.717) is 13.0 Å². The second kappa shape index (κ2) is 10.6.